The van der Waals surface area contributed by atoms with E-state index in [1.807, 2.05) is 19.2 Å². The minimum absolute atomic E-state index is 0.646. The van der Waals surface area contributed by atoms with E-state index in [-0.39, 0.29) is 0 Å². The molecule has 0 aliphatic heterocycles. The van der Waals surface area contributed by atoms with Gasteiger partial charge < -0.3 is 15.8 Å². The van der Waals surface area contributed by atoms with Crippen molar-refractivity contribution in [3.05, 3.63) is 23.8 Å². The van der Waals surface area contributed by atoms with Crippen molar-refractivity contribution >= 4 is 5.69 Å². The molecule has 1 aromatic carbocycles. The number of nitrogens with two attached hydrogens (primary N) is 1. The molecule has 0 heterocycles. The molecule has 3 nitrogen and oxygen atoms in total. The van der Waals surface area contributed by atoms with E-state index in [2.05, 4.69) is 17.2 Å². The van der Waals surface area contributed by atoms with E-state index >= 15 is 0 Å². The molecule has 0 fully saturated rings. The SMILES string of the molecule is CNCC#Cc1ccc(OC)cc1N. The lowest BCUT2D eigenvalue weighted by molar-refractivity contribution is 0.415. The number of methoxy groups -OCH3 is 1. The third-order valence-electron chi connectivity index (χ3n) is 1.75. The summed E-state index contributed by atoms with van der Waals surface area (Å²) in [6.45, 7) is 0.658. The van der Waals surface area contributed by atoms with E-state index < -0.39 is 0 Å². The second-order valence-electron chi connectivity index (χ2n) is 2.79. The second kappa shape index (κ2) is 5.15. The maximum absolute atomic E-state index is 5.78. The molecule has 0 unspecified atom stereocenters. The molecule has 3 heteroatoms. The van der Waals surface area contributed by atoms with Crippen LogP contribution in [0.4, 0.5) is 5.69 Å². The summed E-state index contributed by atoms with van der Waals surface area (Å²) < 4.78 is 5.04. The smallest absolute Gasteiger partial charge is 0.121 e. The summed E-state index contributed by atoms with van der Waals surface area (Å²) >= 11 is 0. The monoisotopic (exact) mass is 190 g/mol. The van der Waals surface area contributed by atoms with E-state index in [4.69, 9.17) is 10.5 Å². The number of benzene rings is 1. The zero-order valence-electron chi connectivity index (χ0n) is 8.42. The molecule has 0 spiro atoms. The Morgan fingerprint density at radius 2 is 2.29 bits per heavy atom. The molecule has 0 bridgehead atoms. The minimum Gasteiger partial charge on any atom is -0.497 e. The third kappa shape index (κ3) is 2.68. The lowest BCUT2D eigenvalue weighted by atomic mass is 10.2. The van der Waals surface area contributed by atoms with E-state index in [9.17, 15) is 0 Å². The fraction of sp³-hybridized carbons (Fsp3) is 0.273. The average molecular weight is 190 g/mol. The Hall–Kier alpha value is -1.66. The fourth-order valence-electron chi connectivity index (χ4n) is 1.01. The Labute approximate surface area is 84.3 Å². The normalized spacial score (nSPS) is 9.00. The molecule has 74 valence electrons. The highest BCUT2D eigenvalue weighted by atomic mass is 16.5. The molecule has 0 saturated heterocycles. The fourth-order valence-corrected chi connectivity index (χ4v) is 1.01. The molecule has 0 radical (unpaired) electrons. The van der Waals surface area contributed by atoms with Gasteiger partial charge in [-0.3, -0.25) is 0 Å². The highest BCUT2D eigenvalue weighted by molar-refractivity contribution is 5.58. The van der Waals surface area contributed by atoms with Crippen LogP contribution in [0.1, 0.15) is 5.56 Å². The molecule has 14 heavy (non-hydrogen) atoms. The Kier molecular flexibility index (Phi) is 3.84. The average Bonchev–Trinajstić information content (AvgIpc) is 2.20. The number of rotatable bonds is 2. The Morgan fingerprint density at radius 3 is 2.86 bits per heavy atom. The number of ether oxygens (including phenoxy) is 1. The number of hydrogen-bond acceptors (Lipinski definition) is 3. The van der Waals surface area contributed by atoms with Gasteiger partial charge in [0.2, 0.25) is 0 Å². The first-order chi connectivity index (χ1) is 6.77. The van der Waals surface area contributed by atoms with Gasteiger partial charge in [0.15, 0.2) is 0 Å². The second-order valence-corrected chi connectivity index (χ2v) is 2.79. The molecule has 0 saturated carbocycles. The highest BCUT2D eigenvalue weighted by Crippen LogP contribution is 2.18. The lowest BCUT2D eigenvalue weighted by Crippen LogP contribution is -2.04. The van der Waals surface area contributed by atoms with Gasteiger partial charge in [-0.2, -0.15) is 0 Å². The van der Waals surface area contributed by atoms with E-state index in [0.717, 1.165) is 11.3 Å². The molecule has 3 N–H and O–H groups in total. The summed E-state index contributed by atoms with van der Waals surface area (Å²) in [4.78, 5) is 0. The quantitative estimate of drug-likeness (QED) is 0.537. The molecule has 0 amide bonds. The van der Waals surface area contributed by atoms with Crippen LogP contribution in [0.5, 0.6) is 5.75 Å². The van der Waals surface area contributed by atoms with E-state index in [1.54, 1.807) is 13.2 Å². The first-order valence-electron chi connectivity index (χ1n) is 4.35. The molecular weight excluding hydrogens is 176 g/mol. The number of hydrogen-bond donors (Lipinski definition) is 2. The van der Waals surface area contributed by atoms with Crippen LogP contribution in [0.25, 0.3) is 0 Å². The van der Waals surface area contributed by atoms with Crippen LogP contribution in [0.15, 0.2) is 18.2 Å². The van der Waals surface area contributed by atoms with Crippen molar-refractivity contribution in [2.75, 3.05) is 26.4 Å². The van der Waals surface area contributed by atoms with Crippen molar-refractivity contribution in [1.29, 1.82) is 0 Å². The van der Waals surface area contributed by atoms with Crippen LogP contribution in [0.3, 0.4) is 0 Å². The molecule has 0 aliphatic rings. The van der Waals surface area contributed by atoms with Gasteiger partial charge >= 0.3 is 0 Å². The van der Waals surface area contributed by atoms with Gasteiger partial charge in [0.1, 0.15) is 5.75 Å². The number of nitrogen functional groups attached to an aromatic ring is 1. The predicted octanol–water partition coefficient (Wildman–Crippen LogP) is 0.848. The van der Waals surface area contributed by atoms with Gasteiger partial charge in [-0.05, 0) is 19.2 Å². The van der Waals surface area contributed by atoms with Crippen molar-refractivity contribution in [3.8, 4) is 17.6 Å². The minimum atomic E-state index is 0.646. The summed E-state index contributed by atoms with van der Waals surface area (Å²) in [5.41, 5.74) is 7.26. The zero-order chi connectivity index (χ0) is 10.4. The topological polar surface area (TPSA) is 47.3 Å². The zero-order valence-corrected chi connectivity index (χ0v) is 8.42. The standard InChI is InChI=1S/C11H14N2O/c1-13-7-3-4-9-5-6-10(14-2)8-11(9)12/h5-6,8,13H,7,12H2,1-2H3. The van der Waals surface area contributed by atoms with E-state index in [1.165, 1.54) is 0 Å². The highest BCUT2D eigenvalue weighted by Gasteiger charge is 1.97. The molecule has 0 aromatic heterocycles. The van der Waals surface area contributed by atoms with Crippen molar-refractivity contribution < 1.29 is 4.74 Å². The molecule has 1 aromatic rings. The lowest BCUT2D eigenvalue weighted by Gasteiger charge is -2.02. The third-order valence-corrected chi connectivity index (χ3v) is 1.75. The van der Waals surface area contributed by atoms with Gasteiger partial charge in [0, 0.05) is 11.6 Å². The molecule has 0 aliphatic carbocycles. The van der Waals surface area contributed by atoms with Gasteiger partial charge in [0.25, 0.3) is 0 Å². The van der Waals surface area contributed by atoms with Gasteiger partial charge in [-0.25, -0.2) is 0 Å². The number of anilines is 1. The van der Waals surface area contributed by atoms with Gasteiger partial charge in [-0.1, -0.05) is 11.8 Å². The summed E-state index contributed by atoms with van der Waals surface area (Å²) in [5, 5.41) is 2.94. The summed E-state index contributed by atoms with van der Waals surface area (Å²) in [7, 11) is 3.47. The van der Waals surface area contributed by atoms with Crippen LogP contribution < -0.4 is 15.8 Å². The number of nitrogens with one attached hydrogen (secondary N) is 1. The van der Waals surface area contributed by atoms with Crippen LogP contribution in [0, 0.1) is 11.8 Å². The van der Waals surface area contributed by atoms with Gasteiger partial charge in [0.05, 0.1) is 19.3 Å². The summed E-state index contributed by atoms with van der Waals surface area (Å²) in [5.74, 6) is 6.67. The van der Waals surface area contributed by atoms with Crippen LogP contribution in [-0.2, 0) is 0 Å². The largest absolute Gasteiger partial charge is 0.497 e. The predicted molar refractivity (Wildman–Crippen MR) is 58.2 cm³/mol. The maximum Gasteiger partial charge on any atom is 0.121 e. The van der Waals surface area contributed by atoms with Crippen LogP contribution in [-0.4, -0.2) is 20.7 Å². The molecule has 1 rings (SSSR count). The summed E-state index contributed by atoms with van der Waals surface area (Å²) in [6.07, 6.45) is 0. The Balaban J connectivity index is 2.85. The van der Waals surface area contributed by atoms with Crippen LogP contribution >= 0.6 is 0 Å². The Bertz CT molecular complexity index is 363. The van der Waals surface area contributed by atoms with Crippen LogP contribution in [0.2, 0.25) is 0 Å². The van der Waals surface area contributed by atoms with Crippen molar-refractivity contribution in [1.82, 2.24) is 5.32 Å². The van der Waals surface area contributed by atoms with Crippen molar-refractivity contribution in [3.63, 3.8) is 0 Å². The summed E-state index contributed by atoms with van der Waals surface area (Å²) in [6, 6.07) is 5.47. The van der Waals surface area contributed by atoms with Gasteiger partial charge in [-0.15, -0.1) is 0 Å². The Morgan fingerprint density at radius 1 is 1.50 bits per heavy atom. The first-order valence-corrected chi connectivity index (χ1v) is 4.35. The first kappa shape index (κ1) is 10.4. The molecular formula is C11H14N2O. The van der Waals surface area contributed by atoms with Crippen molar-refractivity contribution in [2.45, 2.75) is 0 Å². The maximum atomic E-state index is 5.78. The molecule has 0 atom stereocenters. The van der Waals surface area contributed by atoms with Crippen molar-refractivity contribution in [2.24, 2.45) is 0 Å². The van der Waals surface area contributed by atoms with E-state index in [0.29, 0.717) is 12.2 Å².